The monoisotopic (exact) mass is 398 g/mol. The van der Waals surface area contributed by atoms with Crippen LogP contribution in [-0.2, 0) is 21.2 Å². The topological polar surface area (TPSA) is 75.3 Å². The lowest BCUT2D eigenvalue weighted by atomic mass is 10.1. The molecule has 0 aromatic heterocycles. The quantitative estimate of drug-likeness (QED) is 0.656. The molecule has 0 bridgehead atoms. The number of nitrogens with one attached hydrogen (secondary N) is 2. The molecule has 0 unspecified atom stereocenters. The number of carbonyl (C=O) groups is 1. The molecule has 0 atom stereocenters. The predicted molar refractivity (Wildman–Crippen MR) is 107 cm³/mol. The van der Waals surface area contributed by atoms with Gasteiger partial charge in [-0.15, -0.1) is 0 Å². The summed E-state index contributed by atoms with van der Waals surface area (Å²) in [6, 6.07) is 18.5. The zero-order valence-electron chi connectivity index (χ0n) is 15.1. The van der Waals surface area contributed by atoms with E-state index in [9.17, 15) is 17.6 Å². The number of amides is 1. The first-order chi connectivity index (χ1) is 13.3. The van der Waals surface area contributed by atoms with E-state index in [1.807, 2.05) is 31.2 Å². The number of benzene rings is 3. The maximum atomic E-state index is 12.9. The van der Waals surface area contributed by atoms with Gasteiger partial charge in [-0.3, -0.25) is 9.52 Å². The molecular weight excluding hydrogens is 379 g/mol. The Morgan fingerprint density at radius 1 is 0.857 bits per heavy atom. The van der Waals surface area contributed by atoms with Crippen LogP contribution in [-0.4, -0.2) is 14.3 Å². The van der Waals surface area contributed by atoms with E-state index in [2.05, 4.69) is 10.0 Å². The molecule has 0 radical (unpaired) electrons. The first-order valence-corrected chi connectivity index (χ1v) is 10.0. The van der Waals surface area contributed by atoms with Crippen LogP contribution >= 0.6 is 0 Å². The van der Waals surface area contributed by atoms with E-state index in [-0.39, 0.29) is 22.9 Å². The van der Waals surface area contributed by atoms with Crippen molar-refractivity contribution in [2.45, 2.75) is 18.2 Å². The summed E-state index contributed by atoms with van der Waals surface area (Å²) in [4.78, 5) is 12.2. The number of anilines is 2. The zero-order chi connectivity index (χ0) is 20.1. The fourth-order valence-electron chi connectivity index (χ4n) is 2.55. The predicted octanol–water partition coefficient (Wildman–Crippen LogP) is 4.12. The van der Waals surface area contributed by atoms with Crippen molar-refractivity contribution in [3.05, 3.63) is 89.7 Å². The van der Waals surface area contributed by atoms with E-state index in [4.69, 9.17) is 0 Å². The Labute approximate surface area is 163 Å². The van der Waals surface area contributed by atoms with Gasteiger partial charge in [-0.2, -0.15) is 0 Å². The molecule has 0 saturated heterocycles. The Morgan fingerprint density at radius 3 is 2.04 bits per heavy atom. The summed E-state index contributed by atoms with van der Waals surface area (Å²) in [6.45, 7) is 1.98. The van der Waals surface area contributed by atoms with Crippen molar-refractivity contribution in [3.63, 3.8) is 0 Å². The third-order valence-corrected chi connectivity index (χ3v) is 5.43. The van der Waals surface area contributed by atoms with Gasteiger partial charge in [0.05, 0.1) is 11.3 Å². The number of hydrogen-bond acceptors (Lipinski definition) is 3. The lowest BCUT2D eigenvalue weighted by molar-refractivity contribution is -0.115. The van der Waals surface area contributed by atoms with Gasteiger partial charge in [0.25, 0.3) is 10.0 Å². The Bertz CT molecular complexity index is 1060. The molecule has 0 heterocycles. The molecule has 3 aromatic carbocycles. The highest BCUT2D eigenvalue weighted by atomic mass is 32.2. The molecule has 28 heavy (non-hydrogen) atoms. The van der Waals surface area contributed by atoms with Gasteiger partial charge in [0.1, 0.15) is 5.82 Å². The van der Waals surface area contributed by atoms with Crippen LogP contribution in [0, 0.1) is 12.7 Å². The van der Waals surface area contributed by atoms with Crippen LogP contribution in [0.25, 0.3) is 0 Å². The van der Waals surface area contributed by atoms with Crippen molar-refractivity contribution >= 4 is 27.3 Å². The Balaban J connectivity index is 1.64. The van der Waals surface area contributed by atoms with E-state index in [0.717, 1.165) is 11.1 Å². The van der Waals surface area contributed by atoms with Crippen LogP contribution in [0.2, 0.25) is 0 Å². The van der Waals surface area contributed by atoms with Crippen LogP contribution in [0.1, 0.15) is 11.1 Å². The number of sulfonamides is 1. The standard InChI is InChI=1S/C21H19FN2O3S/c1-15-2-4-16(5-3-15)14-21(25)23-18-10-12-20(13-11-18)28(26,27)24-19-8-6-17(22)7-9-19/h2-13,24H,14H2,1H3,(H,23,25). The molecule has 5 nitrogen and oxygen atoms in total. The summed E-state index contributed by atoms with van der Waals surface area (Å²) in [5, 5.41) is 2.74. The van der Waals surface area contributed by atoms with Crippen LogP contribution in [0.3, 0.4) is 0 Å². The minimum absolute atomic E-state index is 0.0355. The van der Waals surface area contributed by atoms with Crippen LogP contribution in [0.5, 0.6) is 0 Å². The van der Waals surface area contributed by atoms with Crippen molar-refractivity contribution in [2.75, 3.05) is 10.0 Å². The summed E-state index contributed by atoms with van der Waals surface area (Å²) in [5.74, 6) is -0.641. The average Bonchev–Trinajstić information content (AvgIpc) is 2.66. The Morgan fingerprint density at radius 2 is 1.43 bits per heavy atom. The molecule has 3 aromatic rings. The van der Waals surface area contributed by atoms with Crippen molar-refractivity contribution in [2.24, 2.45) is 0 Å². The molecule has 0 aliphatic carbocycles. The maximum absolute atomic E-state index is 12.9. The molecular formula is C21H19FN2O3S. The van der Waals surface area contributed by atoms with Crippen molar-refractivity contribution in [3.8, 4) is 0 Å². The summed E-state index contributed by atoms with van der Waals surface area (Å²) in [7, 11) is -3.81. The second kappa shape index (κ2) is 8.22. The Kier molecular flexibility index (Phi) is 5.75. The maximum Gasteiger partial charge on any atom is 0.261 e. The van der Waals surface area contributed by atoms with Crippen LogP contribution < -0.4 is 10.0 Å². The minimum Gasteiger partial charge on any atom is -0.326 e. The fraction of sp³-hybridized carbons (Fsp3) is 0.0952. The number of halogens is 1. The highest BCUT2D eigenvalue weighted by molar-refractivity contribution is 7.92. The normalized spacial score (nSPS) is 11.1. The SMILES string of the molecule is Cc1ccc(CC(=O)Nc2ccc(S(=O)(=O)Nc3ccc(F)cc3)cc2)cc1. The molecule has 2 N–H and O–H groups in total. The molecule has 0 aliphatic rings. The number of aryl methyl sites for hydroxylation is 1. The summed E-state index contributed by atoms with van der Waals surface area (Å²) in [5.41, 5.74) is 2.77. The third-order valence-electron chi connectivity index (χ3n) is 4.03. The van der Waals surface area contributed by atoms with Gasteiger partial charge >= 0.3 is 0 Å². The van der Waals surface area contributed by atoms with E-state index in [1.54, 1.807) is 0 Å². The van der Waals surface area contributed by atoms with Crippen molar-refractivity contribution in [1.82, 2.24) is 0 Å². The lowest BCUT2D eigenvalue weighted by Gasteiger charge is -2.10. The average molecular weight is 398 g/mol. The molecule has 0 spiro atoms. The number of rotatable bonds is 6. The van der Waals surface area contributed by atoms with Gasteiger partial charge in [0.15, 0.2) is 0 Å². The third kappa shape index (κ3) is 5.17. The highest BCUT2D eigenvalue weighted by Crippen LogP contribution is 2.19. The van der Waals surface area contributed by atoms with Crippen LogP contribution in [0.4, 0.5) is 15.8 Å². The smallest absolute Gasteiger partial charge is 0.261 e. The van der Waals surface area contributed by atoms with Gasteiger partial charge in [-0.1, -0.05) is 29.8 Å². The largest absolute Gasteiger partial charge is 0.326 e. The first-order valence-electron chi connectivity index (χ1n) is 8.56. The molecule has 0 saturated carbocycles. The molecule has 7 heteroatoms. The second-order valence-electron chi connectivity index (χ2n) is 6.35. The Hall–Kier alpha value is -3.19. The van der Waals surface area contributed by atoms with Gasteiger partial charge in [-0.25, -0.2) is 12.8 Å². The molecule has 0 aliphatic heterocycles. The van der Waals surface area contributed by atoms with Gasteiger partial charge < -0.3 is 5.32 Å². The molecule has 144 valence electrons. The number of carbonyl (C=O) groups excluding carboxylic acids is 1. The lowest BCUT2D eigenvalue weighted by Crippen LogP contribution is -2.15. The second-order valence-corrected chi connectivity index (χ2v) is 8.03. The van der Waals surface area contributed by atoms with E-state index in [1.165, 1.54) is 48.5 Å². The van der Waals surface area contributed by atoms with E-state index < -0.39 is 15.8 Å². The molecule has 3 rings (SSSR count). The minimum atomic E-state index is -3.81. The molecule has 0 fully saturated rings. The summed E-state index contributed by atoms with van der Waals surface area (Å²) >= 11 is 0. The van der Waals surface area contributed by atoms with Crippen LogP contribution in [0.15, 0.2) is 77.7 Å². The van der Waals surface area contributed by atoms with E-state index >= 15 is 0 Å². The molecule has 1 amide bonds. The van der Waals surface area contributed by atoms with Gasteiger partial charge in [0, 0.05) is 11.4 Å². The summed E-state index contributed by atoms with van der Waals surface area (Å²) < 4.78 is 40.1. The van der Waals surface area contributed by atoms with Crippen molar-refractivity contribution in [1.29, 1.82) is 0 Å². The highest BCUT2D eigenvalue weighted by Gasteiger charge is 2.14. The van der Waals surface area contributed by atoms with Gasteiger partial charge in [-0.05, 0) is 61.0 Å². The first kappa shape index (κ1) is 19.6. The summed E-state index contributed by atoms with van der Waals surface area (Å²) in [6.07, 6.45) is 0.229. The number of hydrogen-bond donors (Lipinski definition) is 2. The zero-order valence-corrected chi connectivity index (χ0v) is 16.0. The van der Waals surface area contributed by atoms with E-state index in [0.29, 0.717) is 5.69 Å². The van der Waals surface area contributed by atoms with Crippen molar-refractivity contribution < 1.29 is 17.6 Å². The van der Waals surface area contributed by atoms with Gasteiger partial charge in [0.2, 0.25) is 5.91 Å². The fourth-order valence-corrected chi connectivity index (χ4v) is 3.60.